The average molecular weight is 539 g/mol. The zero-order valence-corrected chi connectivity index (χ0v) is 22.8. The van der Waals surface area contributed by atoms with E-state index in [1.807, 2.05) is 36.4 Å². The number of para-hydroxylation sites is 3. The van der Waals surface area contributed by atoms with E-state index in [0.717, 1.165) is 44.8 Å². The van der Waals surface area contributed by atoms with Gasteiger partial charge in [0.1, 0.15) is 0 Å². The quantitative estimate of drug-likeness (QED) is 0.237. The Kier molecular flexibility index (Phi) is 5.75. The highest BCUT2D eigenvalue weighted by molar-refractivity contribution is 6.10. The third-order valence-electron chi connectivity index (χ3n) is 7.77. The molecule has 0 aliphatic rings. The Balaban J connectivity index is 1.14. The lowest BCUT2D eigenvalue weighted by Gasteiger charge is -2.11. The van der Waals surface area contributed by atoms with Crippen molar-refractivity contribution in [3.63, 3.8) is 0 Å². The topological polar surface area (TPSA) is 42.7 Å². The van der Waals surface area contributed by atoms with Gasteiger partial charge >= 0.3 is 0 Å². The molecule has 8 aromatic rings. The second-order valence-corrected chi connectivity index (χ2v) is 10.4. The summed E-state index contributed by atoms with van der Waals surface area (Å²) in [6.07, 6.45) is 0. The molecule has 0 unspecified atom stereocenters. The van der Waals surface area contributed by atoms with Crippen LogP contribution < -0.4 is 5.32 Å². The van der Waals surface area contributed by atoms with E-state index in [9.17, 15) is 0 Å². The van der Waals surface area contributed by atoms with Gasteiger partial charge in [0.2, 0.25) is 0 Å². The summed E-state index contributed by atoms with van der Waals surface area (Å²) in [5.41, 5.74) is 9.54. The molecule has 2 heterocycles. The molecule has 0 saturated heterocycles. The van der Waals surface area contributed by atoms with E-state index in [-0.39, 0.29) is 0 Å². The van der Waals surface area contributed by atoms with Crippen LogP contribution in [0.3, 0.4) is 0 Å². The van der Waals surface area contributed by atoms with Gasteiger partial charge < -0.3 is 9.88 Å². The molecule has 42 heavy (non-hydrogen) atoms. The third-order valence-corrected chi connectivity index (χ3v) is 7.77. The van der Waals surface area contributed by atoms with Crippen LogP contribution in [0, 0.1) is 0 Å². The number of benzene rings is 6. The normalized spacial score (nSPS) is 11.3. The number of fused-ring (bicyclic) bond motifs is 4. The van der Waals surface area contributed by atoms with Gasteiger partial charge in [0.05, 0.1) is 22.2 Å². The first-order valence-electron chi connectivity index (χ1n) is 14.1. The molecule has 0 amide bonds. The summed E-state index contributed by atoms with van der Waals surface area (Å²) in [7, 11) is 0. The highest BCUT2D eigenvalue weighted by atomic mass is 15.0. The molecule has 4 nitrogen and oxygen atoms in total. The molecule has 6 aromatic carbocycles. The van der Waals surface area contributed by atoms with Gasteiger partial charge in [0.25, 0.3) is 0 Å². The lowest BCUT2D eigenvalue weighted by atomic mass is 10.1. The lowest BCUT2D eigenvalue weighted by Crippen LogP contribution is -1.96. The van der Waals surface area contributed by atoms with E-state index in [4.69, 9.17) is 9.97 Å². The number of nitrogens with zero attached hydrogens (tertiary/aromatic N) is 3. The molecule has 0 fully saturated rings. The van der Waals surface area contributed by atoms with Gasteiger partial charge in [-0.3, -0.25) is 0 Å². The molecule has 0 aliphatic carbocycles. The third kappa shape index (κ3) is 4.18. The summed E-state index contributed by atoms with van der Waals surface area (Å²) >= 11 is 0. The van der Waals surface area contributed by atoms with Gasteiger partial charge in [-0.05, 0) is 66.7 Å². The van der Waals surface area contributed by atoms with Crippen molar-refractivity contribution in [3.8, 4) is 28.3 Å². The van der Waals surface area contributed by atoms with Crippen molar-refractivity contribution in [2.75, 3.05) is 5.32 Å². The largest absolute Gasteiger partial charge is 0.356 e. The minimum absolute atomic E-state index is 0.717. The smallest absolute Gasteiger partial charge is 0.160 e. The molecule has 4 heteroatoms. The van der Waals surface area contributed by atoms with Crippen molar-refractivity contribution in [2.24, 2.45) is 0 Å². The Morgan fingerprint density at radius 3 is 1.90 bits per heavy atom. The van der Waals surface area contributed by atoms with Crippen LogP contribution in [0.2, 0.25) is 0 Å². The Morgan fingerprint density at radius 2 is 1.10 bits per heavy atom. The Bertz CT molecular complexity index is 2200. The molecule has 0 atom stereocenters. The van der Waals surface area contributed by atoms with Crippen LogP contribution in [0.1, 0.15) is 0 Å². The predicted molar refractivity (Wildman–Crippen MR) is 174 cm³/mol. The molecular formula is C38H26N4. The zero-order valence-electron chi connectivity index (χ0n) is 22.8. The Labute approximate surface area is 243 Å². The molecule has 0 saturated carbocycles. The average Bonchev–Trinajstić information content (AvgIpc) is 3.39. The summed E-state index contributed by atoms with van der Waals surface area (Å²) in [6.45, 7) is 0. The lowest BCUT2D eigenvalue weighted by molar-refractivity contribution is 1.18. The van der Waals surface area contributed by atoms with E-state index >= 15 is 0 Å². The molecule has 8 rings (SSSR count). The number of hydrogen-bond donors (Lipinski definition) is 1. The van der Waals surface area contributed by atoms with Crippen LogP contribution in [-0.2, 0) is 0 Å². The van der Waals surface area contributed by atoms with Gasteiger partial charge in [-0.15, -0.1) is 0 Å². The van der Waals surface area contributed by atoms with E-state index in [0.29, 0.717) is 5.82 Å². The Morgan fingerprint density at radius 1 is 0.452 bits per heavy atom. The van der Waals surface area contributed by atoms with Gasteiger partial charge in [-0.2, -0.15) is 0 Å². The first-order valence-corrected chi connectivity index (χ1v) is 14.1. The summed E-state index contributed by atoms with van der Waals surface area (Å²) in [5, 5.41) is 7.11. The van der Waals surface area contributed by atoms with E-state index in [2.05, 4.69) is 125 Å². The molecule has 2 aromatic heterocycles. The van der Waals surface area contributed by atoms with Crippen LogP contribution in [-0.4, -0.2) is 14.5 Å². The number of nitrogens with one attached hydrogen (secondary N) is 1. The Hall–Kier alpha value is -5.74. The molecule has 198 valence electrons. The number of aromatic nitrogens is 3. The minimum atomic E-state index is 0.717. The van der Waals surface area contributed by atoms with Gasteiger partial charge in [-0.1, -0.05) is 84.9 Å². The van der Waals surface area contributed by atoms with Crippen molar-refractivity contribution in [3.05, 3.63) is 152 Å². The minimum Gasteiger partial charge on any atom is -0.356 e. The fourth-order valence-electron chi connectivity index (χ4n) is 5.80. The van der Waals surface area contributed by atoms with Gasteiger partial charge in [0.15, 0.2) is 5.82 Å². The first-order chi connectivity index (χ1) is 20.8. The standard InChI is InChI=1S/C38H26N4/c1-3-11-26(12-4-1)37-32-16-7-9-17-34(32)40-38(41-37)27-19-21-28(22-20-27)39-29-23-24-36-33(25-29)31-15-8-10-18-35(31)42(36)30-13-5-2-6-14-30/h1-25,39H. The van der Waals surface area contributed by atoms with Gasteiger partial charge in [0, 0.05) is 44.3 Å². The summed E-state index contributed by atoms with van der Waals surface area (Å²) in [5.74, 6) is 0.717. The molecule has 1 N–H and O–H groups in total. The predicted octanol–water partition coefficient (Wildman–Crippen LogP) is 9.80. The fourth-order valence-corrected chi connectivity index (χ4v) is 5.80. The van der Waals surface area contributed by atoms with Crippen LogP contribution in [0.5, 0.6) is 0 Å². The second kappa shape index (κ2) is 10.0. The maximum absolute atomic E-state index is 5.01. The molecule has 0 spiro atoms. The highest BCUT2D eigenvalue weighted by Crippen LogP contribution is 2.35. The molecule has 0 radical (unpaired) electrons. The summed E-state index contributed by atoms with van der Waals surface area (Å²) in [6, 6.07) is 52.6. The van der Waals surface area contributed by atoms with E-state index in [1.165, 1.54) is 21.8 Å². The zero-order chi connectivity index (χ0) is 27.9. The molecule has 0 bridgehead atoms. The maximum Gasteiger partial charge on any atom is 0.160 e. The van der Waals surface area contributed by atoms with Crippen molar-refractivity contribution >= 4 is 44.1 Å². The SMILES string of the molecule is c1ccc(-c2nc(-c3ccc(Nc4ccc5c(c4)c4ccccc4n5-c4ccccc4)cc3)nc3ccccc23)cc1. The van der Waals surface area contributed by atoms with Crippen molar-refractivity contribution in [1.82, 2.24) is 14.5 Å². The fraction of sp³-hybridized carbons (Fsp3) is 0. The van der Waals surface area contributed by atoms with Gasteiger partial charge in [-0.25, -0.2) is 9.97 Å². The monoisotopic (exact) mass is 538 g/mol. The van der Waals surface area contributed by atoms with Crippen LogP contribution in [0.15, 0.2) is 152 Å². The molecular weight excluding hydrogens is 512 g/mol. The summed E-state index contributed by atoms with van der Waals surface area (Å²) < 4.78 is 2.33. The first kappa shape index (κ1) is 24.1. The number of hydrogen-bond acceptors (Lipinski definition) is 3. The number of rotatable bonds is 5. The van der Waals surface area contributed by atoms with Crippen molar-refractivity contribution in [1.29, 1.82) is 0 Å². The summed E-state index contributed by atoms with van der Waals surface area (Å²) in [4.78, 5) is 9.91. The van der Waals surface area contributed by atoms with E-state index < -0.39 is 0 Å². The highest BCUT2D eigenvalue weighted by Gasteiger charge is 2.13. The van der Waals surface area contributed by atoms with Crippen LogP contribution in [0.4, 0.5) is 11.4 Å². The van der Waals surface area contributed by atoms with E-state index in [1.54, 1.807) is 0 Å². The maximum atomic E-state index is 5.01. The van der Waals surface area contributed by atoms with Crippen LogP contribution in [0.25, 0.3) is 61.0 Å². The van der Waals surface area contributed by atoms with Crippen LogP contribution >= 0.6 is 0 Å². The molecule has 0 aliphatic heterocycles. The number of anilines is 2. The second-order valence-electron chi connectivity index (χ2n) is 10.4. The van der Waals surface area contributed by atoms with Crippen molar-refractivity contribution < 1.29 is 0 Å². The van der Waals surface area contributed by atoms with Crippen molar-refractivity contribution in [2.45, 2.75) is 0 Å².